The zero-order chi connectivity index (χ0) is 8.32. The molecule has 1 rings (SSSR count). The summed E-state index contributed by atoms with van der Waals surface area (Å²) in [5, 5.41) is 8.45. The average molecular weight is 158 g/mol. The summed E-state index contributed by atoms with van der Waals surface area (Å²) in [4.78, 5) is 10.3. The summed E-state index contributed by atoms with van der Waals surface area (Å²) in [5.74, 6) is 0. The molecule has 1 aliphatic carbocycles. The molecule has 0 amide bonds. The maximum absolute atomic E-state index is 10.3. The first-order chi connectivity index (χ1) is 5.18. The Balaban J connectivity index is 2.52. The van der Waals surface area contributed by atoms with Crippen molar-refractivity contribution < 1.29 is 14.6 Å². The Kier molecular flexibility index (Phi) is 2.37. The first-order valence-electron chi connectivity index (χ1n) is 4.10. The van der Waals surface area contributed by atoms with E-state index in [0.717, 1.165) is 32.1 Å². The van der Waals surface area contributed by atoms with Crippen LogP contribution in [0.15, 0.2) is 0 Å². The summed E-state index contributed by atoms with van der Waals surface area (Å²) in [6.07, 6.45) is 3.67. The highest BCUT2D eigenvalue weighted by atomic mass is 16.7. The van der Waals surface area contributed by atoms with Crippen LogP contribution in [0.5, 0.6) is 0 Å². The smallest absolute Gasteiger partial charge is 0.450 e. The van der Waals surface area contributed by atoms with Crippen molar-refractivity contribution in [2.45, 2.75) is 44.6 Å². The van der Waals surface area contributed by atoms with E-state index in [0.29, 0.717) is 0 Å². The minimum absolute atomic E-state index is 0.341. The normalized spacial score (nSPS) is 21.5. The largest absolute Gasteiger partial charge is 0.506 e. The van der Waals surface area contributed by atoms with Crippen LogP contribution in [0.1, 0.15) is 39.0 Å². The van der Waals surface area contributed by atoms with Gasteiger partial charge in [-0.1, -0.05) is 6.92 Å². The Morgan fingerprint density at radius 2 is 2.09 bits per heavy atom. The van der Waals surface area contributed by atoms with Crippen LogP contribution in [0.4, 0.5) is 4.79 Å². The van der Waals surface area contributed by atoms with Crippen molar-refractivity contribution in [3.63, 3.8) is 0 Å². The molecule has 0 heterocycles. The summed E-state index contributed by atoms with van der Waals surface area (Å²) in [6, 6.07) is 0. The van der Waals surface area contributed by atoms with Gasteiger partial charge in [-0.3, -0.25) is 0 Å². The third kappa shape index (κ3) is 1.85. The van der Waals surface area contributed by atoms with Gasteiger partial charge in [-0.05, 0) is 32.1 Å². The Morgan fingerprint density at radius 1 is 1.55 bits per heavy atom. The van der Waals surface area contributed by atoms with E-state index < -0.39 is 6.16 Å². The maximum Gasteiger partial charge on any atom is 0.506 e. The van der Waals surface area contributed by atoms with Gasteiger partial charge in [-0.25, -0.2) is 4.79 Å². The van der Waals surface area contributed by atoms with Crippen LogP contribution in [0.3, 0.4) is 0 Å². The van der Waals surface area contributed by atoms with Gasteiger partial charge in [0.05, 0.1) is 0 Å². The van der Waals surface area contributed by atoms with Gasteiger partial charge in [0.25, 0.3) is 0 Å². The predicted molar refractivity (Wildman–Crippen MR) is 40.6 cm³/mol. The fraction of sp³-hybridized carbons (Fsp3) is 0.875. The first-order valence-corrected chi connectivity index (χ1v) is 4.10. The molecule has 1 saturated carbocycles. The molecule has 0 radical (unpaired) electrons. The van der Waals surface area contributed by atoms with Crippen LogP contribution in [0.2, 0.25) is 0 Å². The molecule has 0 bridgehead atoms. The lowest BCUT2D eigenvalue weighted by molar-refractivity contribution is -0.0172. The molecule has 0 unspecified atom stereocenters. The molecular formula is C8H14O3. The number of rotatable bonds is 2. The molecule has 1 N–H and O–H groups in total. The summed E-state index contributed by atoms with van der Waals surface area (Å²) < 4.78 is 4.86. The minimum Gasteiger partial charge on any atom is -0.450 e. The van der Waals surface area contributed by atoms with E-state index in [1.165, 1.54) is 0 Å². The van der Waals surface area contributed by atoms with Crippen molar-refractivity contribution in [1.82, 2.24) is 0 Å². The topological polar surface area (TPSA) is 46.5 Å². The lowest BCUT2D eigenvalue weighted by Gasteiger charge is -2.25. The van der Waals surface area contributed by atoms with Crippen LogP contribution in [-0.2, 0) is 4.74 Å². The van der Waals surface area contributed by atoms with Crippen LogP contribution < -0.4 is 0 Å². The molecular weight excluding hydrogens is 144 g/mol. The van der Waals surface area contributed by atoms with Crippen molar-refractivity contribution >= 4 is 6.16 Å². The zero-order valence-corrected chi connectivity index (χ0v) is 6.80. The SMILES string of the molecule is CCC1(OC(=O)O)CCCC1. The summed E-state index contributed by atoms with van der Waals surface area (Å²) >= 11 is 0. The Labute approximate surface area is 66.4 Å². The van der Waals surface area contributed by atoms with Gasteiger partial charge in [0, 0.05) is 0 Å². The highest BCUT2D eigenvalue weighted by Crippen LogP contribution is 2.35. The van der Waals surface area contributed by atoms with Crippen LogP contribution in [0, 0.1) is 0 Å². The van der Waals surface area contributed by atoms with E-state index >= 15 is 0 Å². The fourth-order valence-electron chi connectivity index (χ4n) is 1.73. The predicted octanol–water partition coefficient (Wildman–Crippen LogP) is 2.40. The summed E-state index contributed by atoms with van der Waals surface area (Å²) in [5.41, 5.74) is -0.341. The van der Waals surface area contributed by atoms with Crippen molar-refractivity contribution in [2.24, 2.45) is 0 Å². The van der Waals surface area contributed by atoms with Gasteiger partial charge < -0.3 is 9.84 Å². The molecule has 0 aromatic carbocycles. The molecule has 3 heteroatoms. The lowest BCUT2D eigenvalue weighted by atomic mass is 9.99. The number of ether oxygens (including phenoxy) is 1. The molecule has 0 atom stereocenters. The Morgan fingerprint density at radius 3 is 2.45 bits per heavy atom. The Bertz CT molecular complexity index is 147. The molecule has 64 valence electrons. The average Bonchev–Trinajstić information content (AvgIpc) is 2.36. The second-order valence-electron chi connectivity index (χ2n) is 3.11. The first kappa shape index (κ1) is 8.37. The molecule has 0 aromatic heterocycles. The van der Waals surface area contributed by atoms with Crippen molar-refractivity contribution in [3.05, 3.63) is 0 Å². The molecule has 0 aliphatic heterocycles. The van der Waals surface area contributed by atoms with Gasteiger partial charge >= 0.3 is 6.16 Å². The lowest BCUT2D eigenvalue weighted by Crippen LogP contribution is -2.30. The second-order valence-corrected chi connectivity index (χ2v) is 3.11. The standard InChI is InChI=1S/C8H14O3/c1-2-8(11-7(9)10)5-3-4-6-8/h2-6H2,1H3,(H,9,10). The minimum atomic E-state index is -1.13. The molecule has 1 aliphatic rings. The third-order valence-electron chi connectivity index (χ3n) is 2.46. The van der Waals surface area contributed by atoms with Crippen molar-refractivity contribution in [3.8, 4) is 0 Å². The molecule has 0 spiro atoms. The second kappa shape index (κ2) is 3.11. The van der Waals surface area contributed by atoms with Crippen LogP contribution in [0.25, 0.3) is 0 Å². The molecule has 0 aromatic rings. The fourth-order valence-corrected chi connectivity index (χ4v) is 1.73. The zero-order valence-electron chi connectivity index (χ0n) is 6.80. The van der Waals surface area contributed by atoms with Gasteiger partial charge in [-0.2, -0.15) is 0 Å². The van der Waals surface area contributed by atoms with E-state index in [4.69, 9.17) is 9.84 Å². The molecule has 0 saturated heterocycles. The highest BCUT2D eigenvalue weighted by Gasteiger charge is 2.35. The van der Waals surface area contributed by atoms with E-state index in [1.54, 1.807) is 0 Å². The third-order valence-corrected chi connectivity index (χ3v) is 2.46. The number of carbonyl (C=O) groups is 1. The van der Waals surface area contributed by atoms with E-state index in [2.05, 4.69) is 0 Å². The van der Waals surface area contributed by atoms with Gasteiger partial charge in [0.2, 0.25) is 0 Å². The van der Waals surface area contributed by atoms with Crippen LogP contribution in [-0.4, -0.2) is 16.9 Å². The van der Waals surface area contributed by atoms with Crippen LogP contribution >= 0.6 is 0 Å². The van der Waals surface area contributed by atoms with Gasteiger partial charge in [-0.15, -0.1) is 0 Å². The van der Waals surface area contributed by atoms with E-state index in [1.807, 2.05) is 6.92 Å². The summed E-state index contributed by atoms with van der Waals surface area (Å²) in [6.45, 7) is 1.98. The van der Waals surface area contributed by atoms with E-state index in [9.17, 15) is 4.79 Å². The maximum atomic E-state index is 10.3. The van der Waals surface area contributed by atoms with Gasteiger partial charge in [0.15, 0.2) is 0 Å². The summed E-state index contributed by atoms with van der Waals surface area (Å²) in [7, 11) is 0. The number of hydrogen-bond acceptors (Lipinski definition) is 2. The highest BCUT2D eigenvalue weighted by molar-refractivity contribution is 5.57. The monoisotopic (exact) mass is 158 g/mol. The Hall–Kier alpha value is -0.730. The molecule has 11 heavy (non-hydrogen) atoms. The number of hydrogen-bond donors (Lipinski definition) is 1. The van der Waals surface area contributed by atoms with Crippen molar-refractivity contribution in [2.75, 3.05) is 0 Å². The number of carboxylic acid groups (broad SMARTS) is 1. The quantitative estimate of drug-likeness (QED) is 0.627. The molecule has 1 fully saturated rings. The molecule has 3 nitrogen and oxygen atoms in total. The van der Waals surface area contributed by atoms with E-state index in [-0.39, 0.29) is 5.60 Å². The van der Waals surface area contributed by atoms with Gasteiger partial charge in [0.1, 0.15) is 5.60 Å². The van der Waals surface area contributed by atoms with Crippen molar-refractivity contribution in [1.29, 1.82) is 0 Å².